The fourth-order valence-corrected chi connectivity index (χ4v) is 2.88. The molecule has 8 heteroatoms. The van der Waals surface area contributed by atoms with Crippen molar-refractivity contribution in [3.8, 4) is 5.88 Å². The highest BCUT2D eigenvalue weighted by molar-refractivity contribution is 9.10. The minimum atomic E-state index is 0.0115. The molecule has 0 aromatic carbocycles. The Hall–Kier alpha value is -1.90. The lowest BCUT2D eigenvalue weighted by atomic mass is 10.4. The maximum absolute atomic E-state index is 8.94. The van der Waals surface area contributed by atoms with Crippen LogP contribution in [0.3, 0.4) is 0 Å². The number of fused-ring (bicyclic) bond motifs is 2. The van der Waals surface area contributed by atoms with E-state index in [0.717, 1.165) is 31.8 Å². The van der Waals surface area contributed by atoms with Gasteiger partial charge in [0.2, 0.25) is 5.88 Å². The standard InChI is InChI=1S/2C8H7BrN2O/c1-12-8-4-10-7-3-2-6(9)5-11(7)8;9-6-1-2-8-10-3-7(5-12)11(8)4-6/h2-5H,1H3;1-4,12H,5H2. The van der Waals surface area contributed by atoms with Crippen molar-refractivity contribution in [2.75, 3.05) is 7.11 Å². The molecule has 4 aromatic rings. The van der Waals surface area contributed by atoms with Crippen molar-refractivity contribution in [1.29, 1.82) is 0 Å². The largest absolute Gasteiger partial charge is 0.481 e. The number of hydrogen-bond acceptors (Lipinski definition) is 4. The van der Waals surface area contributed by atoms with Gasteiger partial charge in [-0.05, 0) is 56.1 Å². The summed E-state index contributed by atoms with van der Waals surface area (Å²) in [5.41, 5.74) is 2.53. The zero-order chi connectivity index (χ0) is 17.1. The van der Waals surface area contributed by atoms with Crippen LogP contribution in [0.15, 0.2) is 58.0 Å². The van der Waals surface area contributed by atoms with E-state index in [-0.39, 0.29) is 6.61 Å². The first-order valence-electron chi connectivity index (χ1n) is 7.01. The Morgan fingerprint density at radius 3 is 2.17 bits per heavy atom. The topological polar surface area (TPSA) is 64.1 Å². The molecule has 0 amide bonds. The smallest absolute Gasteiger partial charge is 0.218 e. The highest BCUT2D eigenvalue weighted by Crippen LogP contribution is 2.17. The van der Waals surface area contributed by atoms with E-state index in [0.29, 0.717) is 0 Å². The zero-order valence-electron chi connectivity index (χ0n) is 12.7. The van der Waals surface area contributed by atoms with E-state index in [4.69, 9.17) is 9.84 Å². The van der Waals surface area contributed by atoms with E-state index in [9.17, 15) is 0 Å². The number of hydrogen-bond donors (Lipinski definition) is 1. The van der Waals surface area contributed by atoms with Crippen LogP contribution in [0, 0.1) is 0 Å². The number of methoxy groups -OCH3 is 1. The molecule has 0 unspecified atom stereocenters. The van der Waals surface area contributed by atoms with Crippen LogP contribution in [0.5, 0.6) is 5.88 Å². The molecule has 4 aromatic heterocycles. The van der Waals surface area contributed by atoms with Crippen molar-refractivity contribution in [3.05, 3.63) is 63.7 Å². The zero-order valence-corrected chi connectivity index (χ0v) is 15.9. The minimum absolute atomic E-state index is 0.0115. The van der Waals surface area contributed by atoms with Gasteiger partial charge in [-0.3, -0.25) is 4.40 Å². The number of pyridine rings is 2. The lowest BCUT2D eigenvalue weighted by Crippen LogP contribution is -1.91. The van der Waals surface area contributed by atoms with E-state index in [1.807, 2.05) is 45.5 Å². The van der Waals surface area contributed by atoms with Crippen LogP contribution in [0.25, 0.3) is 11.3 Å². The second-order valence-corrected chi connectivity index (χ2v) is 6.69. The van der Waals surface area contributed by atoms with Crippen molar-refractivity contribution in [2.45, 2.75) is 6.61 Å². The van der Waals surface area contributed by atoms with Crippen molar-refractivity contribution in [1.82, 2.24) is 18.8 Å². The molecule has 0 fully saturated rings. The Bertz CT molecular complexity index is 901. The molecule has 0 radical (unpaired) electrons. The summed E-state index contributed by atoms with van der Waals surface area (Å²) in [6.07, 6.45) is 7.17. The van der Waals surface area contributed by atoms with Gasteiger partial charge in [0.1, 0.15) is 11.3 Å². The second-order valence-electron chi connectivity index (χ2n) is 4.86. The lowest BCUT2D eigenvalue weighted by molar-refractivity contribution is 0.276. The van der Waals surface area contributed by atoms with Gasteiger partial charge in [0.25, 0.3) is 0 Å². The highest BCUT2D eigenvalue weighted by atomic mass is 79.9. The number of nitrogens with zero attached hydrogens (tertiary/aromatic N) is 4. The Kier molecular flexibility index (Phi) is 5.17. The molecule has 4 heterocycles. The predicted octanol–water partition coefficient (Wildman–Crippen LogP) is 3.69. The average Bonchev–Trinajstić information content (AvgIpc) is 3.17. The third kappa shape index (κ3) is 3.45. The molecular formula is C16H14Br2N4O2. The molecule has 0 bridgehead atoms. The molecule has 0 aliphatic heterocycles. The third-order valence-corrected chi connectivity index (χ3v) is 4.29. The van der Waals surface area contributed by atoms with Gasteiger partial charge in [0.05, 0.1) is 31.8 Å². The molecule has 0 aliphatic carbocycles. The number of rotatable bonds is 2. The van der Waals surface area contributed by atoms with Gasteiger partial charge >= 0.3 is 0 Å². The first kappa shape index (κ1) is 16.9. The maximum atomic E-state index is 8.94. The Labute approximate surface area is 155 Å². The second kappa shape index (κ2) is 7.33. The van der Waals surface area contributed by atoms with E-state index < -0.39 is 0 Å². The van der Waals surface area contributed by atoms with Crippen molar-refractivity contribution in [2.24, 2.45) is 0 Å². The summed E-state index contributed by atoms with van der Waals surface area (Å²) in [6, 6.07) is 7.68. The van der Waals surface area contributed by atoms with Crippen LogP contribution in [0.4, 0.5) is 0 Å². The number of aliphatic hydroxyl groups excluding tert-OH is 1. The van der Waals surface area contributed by atoms with Crippen molar-refractivity contribution >= 4 is 43.2 Å². The molecule has 124 valence electrons. The number of imidazole rings is 2. The summed E-state index contributed by atoms with van der Waals surface area (Å²) in [5.74, 6) is 0.742. The molecule has 0 spiro atoms. The molecule has 24 heavy (non-hydrogen) atoms. The van der Waals surface area contributed by atoms with Gasteiger partial charge in [0, 0.05) is 21.3 Å². The summed E-state index contributed by atoms with van der Waals surface area (Å²) >= 11 is 6.73. The molecule has 4 rings (SSSR count). The molecular weight excluding hydrogens is 440 g/mol. The van der Waals surface area contributed by atoms with Gasteiger partial charge in [-0.25, -0.2) is 9.97 Å². The van der Waals surface area contributed by atoms with Gasteiger partial charge in [-0.1, -0.05) is 0 Å². The monoisotopic (exact) mass is 452 g/mol. The summed E-state index contributed by atoms with van der Waals surface area (Å²) < 4.78 is 10.8. The Morgan fingerprint density at radius 1 is 0.958 bits per heavy atom. The highest BCUT2D eigenvalue weighted by Gasteiger charge is 2.02. The normalized spacial score (nSPS) is 10.7. The van der Waals surface area contributed by atoms with Crippen molar-refractivity contribution < 1.29 is 9.84 Å². The predicted molar refractivity (Wildman–Crippen MR) is 98.3 cm³/mol. The molecule has 6 nitrogen and oxygen atoms in total. The van der Waals surface area contributed by atoms with E-state index in [2.05, 4.69) is 41.8 Å². The Balaban J connectivity index is 0.000000141. The van der Waals surface area contributed by atoms with Gasteiger partial charge < -0.3 is 14.2 Å². The molecule has 1 N–H and O–H groups in total. The van der Waals surface area contributed by atoms with E-state index in [1.54, 1.807) is 19.5 Å². The molecule has 0 saturated carbocycles. The fraction of sp³-hybridized carbons (Fsp3) is 0.125. The first-order chi connectivity index (χ1) is 11.6. The summed E-state index contributed by atoms with van der Waals surface area (Å²) in [7, 11) is 1.63. The Morgan fingerprint density at radius 2 is 1.54 bits per heavy atom. The molecule has 0 atom stereocenters. The van der Waals surface area contributed by atoms with Crippen LogP contribution in [-0.4, -0.2) is 31.0 Å². The van der Waals surface area contributed by atoms with Gasteiger partial charge in [0.15, 0.2) is 0 Å². The van der Waals surface area contributed by atoms with E-state index in [1.165, 1.54) is 0 Å². The van der Waals surface area contributed by atoms with Crippen LogP contribution >= 0.6 is 31.9 Å². The number of aliphatic hydroxyl groups is 1. The van der Waals surface area contributed by atoms with Gasteiger partial charge in [-0.15, -0.1) is 0 Å². The number of halogens is 2. The van der Waals surface area contributed by atoms with Gasteiger partial charge in [-0.2, -0.15) is 0 Å². The van der Waals surface area contributed by atoms with E-state index >= 15 is 0 Å². The molecule has 0 aliphatic rings. The maximum Gasteiger partial charge on any atom is 0.218 e. The third-order valence-electron chi connectivity index (χ3n) is 3.35. The van der Waals surface area contributed by atoms with Crippen LogP contribution in [0.1, 0.15) is 5.69 Å². The van der Waals surface area contributed by atoms with Crippen molar-refractivity contribution in [3.63, 3.8) is 0 Å². The fourth-order valence-electron chi connectivity index (χ4n) is 2.21. The van der Waals surface area contributed by atoms with Crippen LogP contribution in [-0.2, 0) is 6.61 Å². The number of ether oxygens (including phenoxy) is 1. The lowest BCUT2D eigenvalue weighted by Gasteiger charge is -1.98. The van der Waals surface area contributed by atoms with Crippen LogP contribution < -0.4 is 4.74 Å². The minimum Gasteiger partial charge on any atom is -0.481 e. The quantitative estimate of drug-likeness (QED) is 0.502. The average molecular weight is 454 g/mol. The molecule has 0 saturated heterocycles. The first-order valence-corrected chi connectivity index (χ1v) is 8.60. The number of aromatic nitrogens is 4. The summed E-state index contributed by atoms with van der Waals surface area (Å²) in [5, 5.41) is 8.94. The SMILES string of the molecule is COc1cnc2ccc(Br)cn12.OCc1cnc2ccc(Br)cn12. The van der Waals surface area contributed by atoms with Crippen LogP contribution in [0.2, 0.25) is 0 Å². The summed E-state index contributed by atoms with van der Waals surface area (Å²) in [4.78, 5) is 8.26. The summed E-state index contributed by atoms with van der Waals surface area (Å²) in [6.45, 7) is 0.0115.